The summed E-state index contributed by atoms with van der Waals surface area (Å²) in [6, 6.07) is 12.5. The van der Waals surface area contributed by atoms with E-state index in [1.54, 1.807) is 11.3 Å². The summed E-state index contributed by atoms with van der Waals surface area (Å²) in [4.78, 5) is 30.5. The minimum atomic E-state index is -0.0980. The van der Waals surface area contributed by atoms with Crippen molar-refractivity contribution >= 4 is 33.4 Å². The molecule has 0 unspecified atom stereocenters. The van der Waals surface area contributed by atoms with Gasteiger partial charge in [0.1, 0.15) is 5.69 Å². The number of benzene rings is 1. The van der Waals surface area contributed by atoms with Crippen molar-refractivity contribution in [2.75, 3.05) is 19.6 Å². The minimum Gasteiger partial charge on any atom is -0.338 e. The van der Waals surface area contributed by atoms with E-state index in [9.17, 15) is 9.59 Å². The fourth-order valence-electron chi connectivity index (χ4n) is 4.96. The Morgan fingerprint density at radius 2 is 1.93 bits per heavy atom. The normalized spacial score (nSPS) is 19.2. The van der Waals surface area contributed by atoms with Crippen molar-refractivity contribution in [2.45, 2.75) is 39.3 Å². The van der Waals surface area contributed by atoms with Crippen molar-refractivity contribution in [3.63, 3.8) is 0 Å². The lowest BCUT2D eigenvalue weighted by atomic mass is 9.93. The van der Waals surface area contributed by atoms with Gasteiger partial charge in [0.25, 0.3) is 5.91 Å². The van der Waals surface area contributed by atoms with Gasteiger partial charge in [-0.05, 0) is 54.8 Å². The minimum absolute atomic E-state index is 0.0572. The van der Waals surface area contributed by atoms with Crippen molar-refractivity contribution in [2.24, 2.45) is 5.92 Å². The van der Waals surface area contributed by atoms with Crippen LogP contribution in [0, 0.1) is 5.92 Å². The van der Waals surface area contributed by atoms with E-state index in [-0.39, 0.29) is 17.7 Å². The summed E-state index contributed by atoms with van der Waals surface area (Å²) >= 11 is 1.67. The number of nitrogens with zero attached hydrogens (tertiary/aromatic N) is 3. The van der Waals surface area contributed by atoms with Crippen LogP contribution in [0.5, 0.6) is 0 Å². The van der Waals surface area contributed by atoms with Crippen molar-refractivity contribution < 1.29 is 9.59 Å². The summed E-state index contributed by atoms with van der Waals surface area (Å²) in [5.74, 6) is 0.162. The third-order valence-corrected chi connectivity index (χ3v) is 7.41. The molecule has 5 nitrogen and oxygen atoms in total. The molecule has 5 rings (SSSR count). The average molecular weight is 422 g/mol. The number of carbonyl (C=O) groups excluding carboxylic acids is 2. The SMILES string of the molecule is CCn1c(C(=O)N2CCC[C@@H](C(=O)N3CCc4ccccc4C3)C2)cc2sccc21. The summed E-state index contributed by atoms with van der Waals surface area (Å²) in [7, 11) is 0. The Bertz CT molecular complexity index is 1100. The highest BCUT2D eigenvalue weighted by atomic mass is 32.1. The second kappa shape index (κ2) is 7.91. The van der Waals surface area contributed by atoms with Crippen LogP contribution >= 0.6 is 11.3 Å². The maximum absolute atomic E-state index is 13.3. The van der Waals surface area contributed by atoms with Crippen LogP contribution in [0.25, 0.3) is 10.2 Å². The van der Waals surface area contributed by atoms with Gasteiger partial charge in [0, 0.05) is 32.7 Å². The molecular weight excluding hydrogens is 394 g/mol. The van der Waals surface area contributed by atoms with Gasteiger partial charge in [0.2, 0.25) is 5.91 Å². The van der Waals surface area contributed by atoms with Crippen LogP contribution in [0.2, 0.25) is 0 Å². The summed E-state index contributed by atoms with van der Waals surface area (Å²) in [6.07, 6.45) is 2.66. The molecule has 2 amide bonds. The standard InChI is InChI=1S/C24H27N3O2S/c1-2-27-20-10-13-30-22(20)14-21(27)24(29)25-11-5-8-19(16-25)23(28)26-12-9-17-6-3-4-7-18(17)15-26/h3-4,6-7,10,13-14,19H,2,5,8-9,11-12,15-16H2,1H3/t19-/m1/s1. The summed E-state index contributed by atoms with van der Waals surface area (Å²) in [5.41, 5.74) is 4.48. The molecule has 6 heteroatoms. The van der Waals surface area contributed by atoms with Gasteiger partial charge in [-0.25, -0.2) is 0 Å². The Morgan fingerprint density at radius 3 is 2.77 bits per heavy atom. The number of hydrogen-bond donors (Lipinski definition) is 0. The highest BCUT2D eigenvalue weighted by molar-refractivity contribution is 7.17. The molecule has 0 aliphatic carbocycles. The first-order valence-corrected chi connectivity index (χ1v) is 11.7. The molecule has 0 radical (unpaired) electrons. The highest BCUT2D eigenvalue weighted by Crippen LogP contribution is 2.28. The number of amides is 2. The van der Waals surface area contributed by atoms with Gasteiger partial charge in [0.05, 0.1) is 16.1 Å². The van der Waals surface area contributed by atoms with Gasteiger partial charge < -0.3 is 14.4 Å². The molecule has 156 valence electrons. The number of hydrogen-bond acceptors (Lipinski definition) is 3. The number of aromatic nitrogens is 1. The fourth-order valence-corrected chi connectivity index (χ4v) is 5.78. The zero-order valence-corrected chi connectivity index (χ0v) is 18.2. The maximum atomic E-state index is 13.3. The number of piperidine rings is 1. The van der Waals surface area contributed by atoms with Crippen LogP contribution in [0.4, 0.5) is 0 Å². The molecule has 2 aromatic heterocycles. The first kappa shape index (κ1) is 19.4. The lowest BCUT2D eigenvalue weighted by Gasteiger charge is -2.36. The van der Waals surface area contributed by atoms with E-state index in [4.69, 9.17) is 0 Å². The lowest BCUT2D eigenvalue weighted by molar-refractivity contribution is -0.137. The third kappa shape index (κ3) is 3.33. The third-order valence-electron chi connectivity index (χ3n) is 6.56. The predicted octanol–water partition coefficient (Wildman–Crippen LogP) is 4.16. The van der Waals surface area contributed by atoms with Crippen LogP contribution < -0.4 is 0 Å². The largest absolute Gasteiger partial charge is 0.338 e. The Morgan fingerprint density at radius 1 is 1.10 bits per heavy atom. The zero-order valence-electron chi connectivity index (χ0n) is 17.3. The van der Waals surface area contributed by atoms with E-state index >= 15 is 0 Å². The van der Waals surface area contributed by atoms with E-state index in [0.29, 0.717) is 13.1 Å². The molecule has 1 saturated heterocycles. The van der Waals surface area contributed by atoms with E-state index in [1.807, 2.05) is 21.9 Å². The molecule has 0 bridgehead atoms. The zero-order chi connectivity index (χ0) is 20.7. The predicted molar refractivity (Wildman–Crippen MR) is 120 cm³/mol. The molecule has 1 fully saturated rings. The molecule has 1 atom stereocenters. The monoisotopic (exact) mass is 421 g/mol. The van der Waals surface area contributed by atoms with E-state index in [2.05, 4.69) is 41.1 Å². The molecule has 1 aromatic carbocycles. The molecule has 4 heterocycles. The molecule has 0 N–H and O–H groups in total. The number of aryl methyl sites for hydroxylation is 1. The molecule has 0 spiro atoms. The van der Waals surface area contributed by atoms with Gasteiger partial charge in [-0.1, -0.05) is 24.3 Å². The molecule has 3 aromatic rings. The van der Waals surface area contributed by atoms with Crippen molar-refractivity contribution in [3.05, 3.63) is 58.6 Å². The molecule has 2 aliphatic heterocycles. The van der Waals surface area contributed by atoms with E-state index in [0.717, 1.165) is 54.8 Å². The Labute approximate surface area is 180 Å². The topological polar surface area (TPSA) is 45.6 Å². The quantitative estimate of drug-likeness (QED) is 0.637. The maximum Gasteiger partial charge on any atom is 0.270 e. The summed E-state index contributed by atoms with van der Waals surface area (Å²) in [5, 5.41) is 2.07. The van der Waals surface area contributed by atoms with E-state index < -0.39 is 0 Å². The Balaban J connectivity index is 1.31. The number of carbonyl (C=O) groups is 2. The molecule has 2 aliphatic rings. The number of thiophene rings is 1. The van der Waals surface area contributed by atoms with Gasteiger partial charge >= 0.3 is 0 Å². The van der Waals surface area contributed by atoms with Gasteiger partial charge in [0.15, 0.2) is 0 Å². The molecule has 0 saturated carbocycles. The van der Waals surface area contributed by atoms with Crippen molar-refractivity contribution in [3.8, 4) is 0 Å². The lowest BCUT2D eigenvalue weighted by Crippen LogP contribution is -2.48. The van der Waals surface area contributed by atoms with Crippen LogP contribution in [-0.4, -0.2) is 45.8 Å². The average Bonchev–Trinajstić information content (AvgIpc) is 3.39. The fraction of sp³-hybridized carbons (Fsp3) is 0.417. The van der Waals surface area contributed by atoms with Crippen LogP contribution in [0.15, 0.2) is 41.8 Å². The van der Waals surface area contributed by atoms with Crippen molar-refractivity contribution in [1.29, 1.82) is 0 Å². The van der Waals surface area contributed by atoms with Crippen LogP contribution in [-0.2, 0) is 24.3 Å². The second-order valence-electron chi connectivity index (χ2n) is 8.31. The summed E-state index contributed by atoms with van der Waals surface area (Å²) < 4.78 is 3.25. The Kier molecular flexibility index (Phi) is 5.11. The first-order chi connectivity index (χ1) is 14.7. The molecular formula is C24H27N3O2S. The first-order valence-electron chi connectivity index (χ1n) is 10.9. The van der Waals surface area contributed by atoms with Gasteiger partial charge in [-0.15, -0.1) is 11.3 Å². The van der Waals surface area contributed by atoms with Gasteiger partial charge in [-0.3, -0.25) is 9.59 Å². The number of rotatable bonds is 3. The number of likely N-dealkylation sites (tertiary alicyclic amines) is 1. The van der Waals surface area contributed by atoms with Crippen LogP contribution in [0.1, 0.15) is 41.4 Å². The second-order valence-corrected chi connectivity index (χ2v) is 9.26. The number of fused-ring (bicyclic) bond motifs is 2. The van der Waals surface area contributed by atoms with Gasteiger partial charge in [-0.2, -0.15) is 0 Å². The van der Waals surface area contributed by atoms with Crippen LogP contribution in [0.3, 0.4) is 0 Å². The Hall–Kier alpha value is -2.60. The smallest absolute Gasteiger partial charge is 0.270 e. The highest BCUT2D eigenvalue weighted by Gasteiger charge is 2.33. The molecule has 30 heavy (non-hydrogen) atoms. The van der Waals surface area contributed by atoms with E-state index in [1.165, 1.54) is 11.1 Å². The van der Waals surface area contributed by atoms with Crippen molar-refractivity contribution in [1.82, 2.24) is 14.4 Å². The summed E-state index contributed by atoms with van der Waals surface area (Å²) in [6.45, 7) is 5.56.